The van der Waals surface area contributed by atoms with Crippen molar-refractivity contribution in [3.63, 3.8) is 0 Å². The molecule has 0 radical (unpaired) electrons. The molecule has 0 amide bonds. The molecule has 0 unspecified atom stereocenters. The number of alkyl halides is 1. The van der Waals surface area contributed by atoms with Gasteiger partial charge in [-0.1, -0.05) is 39.4 Å². The minimum atomic E-state index is 0.157. The van der Waals surface area contributed by atoms with Crippen molar-refractivity contribution in [3.8, 4) is 17.6 Å². The van der Waals surface area contributed by atoms with Gasteiger partial charge in [0.05, 0.1) is 10.4 Å². The Hall–Kier alpha value is -0.650. The van der Waals surface area contributed by atoms with Crippen LogP contribution in [0, 0.1) is 11.8 Å². The standard InChI is InChI=1S/C9H6BrClO/c10-5-1-2-7-3-4-8(12)6-9(7)11/h3-4,6,12H,5H2. The fraction of sp³-hybridized carbons (Fsp3) is 0.111. The van der Waals surface area contributed by atoms with E-state index in [0.717, 1.165) is 5.56 Å². The molecule has 0 bridgehead atoms. The van der Waals surface area contributed by atoms with Gasteiger partial charge in [0.25, 0.3) is 0 Å². The lowest BCUT2D eigenvalue weighted by Crippen LogP contribution is -1.76. The van der Waals surface area contributed by atoms with Crippen molar-refractivity contribution in [3.05, 3.63) is 28.8 Å². The fourth-order valence-corrected chi connectivity index (χ4v) is 1.10. The average Bonchev–Trinajstić information content (AvgIpc) is 2.03. The van der Waals surface area contributed by atoms with E-state index in [1.807, 2.05) is 0 Å². The van der Waals surface area contributed by atoms with Crippen molar-refractivity contribution in [2.75, 3.05) is 5.33 Å². The predicted molar refractivity (Wildman–Crippen MR) is 53.8 cm³/mol. The van der Waals surface area contributed by atoms with Gasteiger partial charge in [-0.3, -0.25) is 0 Å². The molecule has 1 aromatic carbocycles. The van der Waals surface area contributed by atoms with Crippen molar-refractivity contribution in [2.24, 2.45) is 0 Å². The highest BCUT2D eigenvalue weighted by atomic mass is 79.9. The maximum atomic E-state index is 9.02. The van der Waals surface area contributed by atoms with E-state index in [0.29, 0.717) is 10.4 Å². The third-order valence-corrected chi connectivity index (χ3v) is 1.84. The summed E-state index contributed by atoms with van der Waals surface area (Å²) in [6, 6.07) is 4.72. The monoisotopic (exact) mass is 244 g/mol. The van der Waals surface area contributed by atoms with Gasteiger partial charge in [-0.25, -0.2) is 0 Å². The van der Waals surface area contributed by atoms with Crippen LogP contribution >= 0.6 is 27.5 Å². The van der Waals surface area contributed by atoms with Gasteiger partial charge < -0.3 is 5.11 Å². The number of phenols is 1. The van der Waals surface area contributed by atoms with Gasteiger partial charge in [0.2, 0.25) is 0 Å². The van der Waals surface area contributed by atoms with Crippen LogP contribution in [-0.2, 0) is 0 Å². The number of rotatable bonds is 0. The molecule has 1 aromatic rings. The molecule has 0 aliphatic rings. The average molecular weight is 246 g/mol. The maximum Gasteiger partial charge on any atom is 0.117 e. The van der Waals surface area contributed by atoms with E-state index in [1.54, 1.807) is 12.1 Å². The minimum Gasteiger partial charge on any atom is -0.508 e. The third kappa shape index (κ3) is 2.44. The summed E-state index contributed by atoms with van der Waals surface area (Å²) in [5.41, 5.74) is 0.730. The van der Waals surface area contributed by atoms with Gasteiger partial charge >= 0.3 is 0 Å². The molecule has 0 saturated heterocycles. The van der Waals surface area contributed by atoms with Crippen molar-refractivity contribution >= 4 is 27.5 Å². The Morgan fingerprint density at radius 3 is 2.83 bits per heavy atom. The van der Waals surface area contributed by atoms with Crippen molar-refractivity contribution in [1.82, 2.24) is 0 Å². The zero-order valence-electron chi connectivity index (χ0n) is 6.14. The van der Waals surface area contributed by atoms with E-state index in [2.05, 4.69) is 27.8 Å². The molecular weight excluding hydrogens is 239 g/mol. The number of halogens is 2. The molecule has 12 heavy (non-hydrogen) atoms. The van der Waals surface area contributed by atoms with Crippen LogP contribution in [0.25, 0.3) is 0 Å². The molecule has 0 aliphatic heterocycles. The van der Waals surface area contributed by atoms with Crippen LogP contribution in [-0.4, -0.2) is 10.4 Å². The second-order valence-electron chi connectivity index (χ2n) is 2.10. The first-order valence-electron chi connectivity index (χ1n) is 3.27. The zero-order chi connectivity index (χ0) is 8.97. The lowest BCUT2D eigenvalue weighted by molar-refractivity contribution is 0.475. The Morgan fingerprint density at radius 2 is 2.25 bits per heavy atom. The molecule has 0 saturated carbocycles. The van der Waals surface area contributed by atoms with E-state index in [-0.39, 0.29) is 5.75 Å². The second kappa shape index (κ2) is 4.39. The van der Waals surface area contributed by atoms with Crippen molar-refractivity contribution in [1.29, 1.82) is 0 Å². The van der Waals surface area contributed by atoms with E-state index in [1.165, 1.54) is 6.07 Å². The van der Waals surface area contributed by atoms with Gasteiger partial charge in [-0.15, -0.1) is 0 Å². The molecule has 0 aromatic heterocycles. The molecule has 0 aliphatic carbocycles. The SMILES string of the molecule is Oc1ccc(C#CCBr)c(Cl)c1. The lowest BCUT2D eigenvalue weighted by Gasteiger charge is -1.95. The molecule has 0 atom stereocenters. The Morgan fingerprint density at radius 1 is 1.50 bits per heavy atom. The Balaban J connectivity index is 3.01. The van der Waals surface area contributed by atoms with Crippen LogP contribution in [0.2, 0.25) is 5.02 Å². The molecule has 1 rings (SSSR count). The van der Waals surface area contributed by atoms with Crippen LogP contribution in [0.4, 0.5) is 0 Å². The van der Waals surface area contributed by atoms with E-state index < -0.39 is 0 Å². The highest BCUT2D eigenvalue weighted by Gasteiger charge is 1.96. The Kier molecular flexibility index (Phi) is 3.46. The van der Waals surface area contributed by atoms with Crippen LogP contribution in [0.15, 0.2) is 18.2 Å². The van der Waals surface area contributed by atoms with E-state index in [9.17, 15) is 0 Å². The smallest absolute Gasteiger partial charge is 0.117 e. The number of hydrogen-bond donors (Lipinski definition) is 1. The van der Waals surface area contributed by atoms with Crippen LogP contribution in [0.5, 0.6) is 5.75 Å². The van der Waals surface area contributed by atoms with Gasteiger partial charge in [-0.2, -0.15) is 0 Å². The third-order valence-electron chi connectivity index (χ3n) is 1.24. The number of benzene rings is 1. The summed E-state index contributed by atoms with van der Waals surface area (Å²) in [4.78, 5) is 0. The second-order valence-corrected chi connectivity index (χ2v) is 3.07. The first-order chi connectivity index (χ1) is 5.74. The van der Waals surface area contributed by atoms with Gasteiger partial charge in [0, 0.05) is 5.56 Å². The van der Waals surface area contributed by atoms with Crippen LogP contribution in [0.1, 0.15) is 5.56 Å². The summed E-state index contributed by atoms with van der Waals surface area (Å²) in [6.45, 7) is 0. The quantitative estimate of drug-likeness (QED) is 0.550. The van der Waals surface area contributed by atoms with E-state index >= 15 is 0 Å². The van der Waals surface area contributed by atoms with Crippen LogP contribution in [0.3, 0.4) is 0 Å². The van der Waals surface area contributed by atoms with Crippen molar-refractivity contribution in [2.45, 2.75) is 0 Å². The molecule has 0 spiro atoms. The number of hydrogen-bond acceptors (Lipinski definition) is 1. The van der Waals surface area contributed by atoms with Gasteiger partial charge in [-0.05, 0) is 18.2 Å². The Bertz CT molecular complexity index is 338. The first kappa shape index (κ1) is 9.44. The van der Waals surface area contributed by atoms with Crippen LogP contribution < -0.4 is 0 Å². The fourth-order valence-electron chi connectivity index (χ4n) is 0.734. The lowest BCUT2D eigenvalue weighted by atomic mass is 10.2. The Labute approximate surface area is 84.5 Å². The summed E-state index contributed by atoms with van der Waals surface area (Å²) in [5, 5.41) is 10.1. The predicted octanol–water partition coefficient (Wildman–Crippen LogP) is 2.79. The molecule has 62 valence electrons. The molecular formula is C9H6BrClO. The molecule has 1 N–H and O–H groups in total. The number of phenolic OH excluding ortho intramolecular Hbond substituents is 1. The highest BCUT2D eigenvalue weighted by Crippen LogP contribution is 2.20. The molecule has 0 fully saturated rings. The summed E-state index contributed by atoms with van der Waals surface area (Å²) in [7, 11) is 0. The largest absolute Gasteiger partial charge is 0.508 e. The minimum absolute atomic E-state index is 0.157. The maximum absolute atomic E-state index is 9.02. The highest BCUT2D eigenvalue weighted by molar-refractivity contribution is 9.09. The molecule has 0 heterocycles. The van der Waals surface area contributed by atoms with E-state index in [4.69, 9.17) is 16.7 Å². The van der Waals surface area contributed by atoms with Gasteiger partial charge in [0.1, 0.15) is 5.75 Å². The number of aromatic hydroxyl groups is 1. The van der Waals surface area contributed by atoms with Crippen molar-refractivity contribution < 1.29 is 5.11 Å². The summed E-state index contributed by atoms with van der Waals surface area (Å²) in [5.74, 6) is 5.83. The zero-order valence-corrected chi connectivity index (χ0v) is 8.48. The first-order valence-corrected chi connectivity index (χ1v) is 4.77. The van der Waals surface area contributed by atoms with Gasteiger partial charge in [0.15, 0.2) is 0 Å². The molecule has 1 nitrogen and oxygen atoms in total. The summed E-state index contributed by atoms with van der Waals surface area (Å²) >= 11 is 8.97. The summed E-state index contributed by atoms with van der Waals surface area (Å²) in [6.07, 6.45) is 0. The normalized spacial score (nSPS) is 8.83. The topological polar surface area (TPSA) is 20.2 Å². The molecule has 3 heteroatoms. The summed E-state index contributed by atoms with van der Waals surface area (Å²) < 4.78 is 0.